The molecule has 3 aliphatic rings. The maximum absolute atomic E-state index is 13.7. The Morgan fingerprint density at radius 1 is 1.42 bits per heavy atom. The zero-order valence-corrected chi connectivity index (χ0v) is 10.4. The van der Waals surface area contributed by atoms with Gasteiger partial charge in [-0.15, -0.1) is 0 Å². The quantitative estimate of drug-likeness (QED) is 0.823. The van der Waals surface area contributed by atoms with Crippen molar-refractivity contribution in [2.45, 2.75) is 25.0 Å². The molecule has 100 valence electrons. The molecule has 0 radical (unpaired) electrons. The molecule has 5 heteroatoms. The predicted octanol–water partition coefficient (Wildman–Crippen LogP) is 1.06. The van der Waals surface area contributed by atoms with E-state index in [9.17, 15) is 14.3 Å². The molecule has 1 aromatic heterocycles. The highest BCUT2D eigenvalue weighted by Gasteiger charge is 2.60. The van der Waals surface area contributed by atoms with E-state index in [0.717, 1.165) is 19.0 Å². The monoisotopic (exact) mass is 262 g/mol. The number of hydrogen-bond donors (Lipinski definition) is 1. The van der Waals surface area contributed by atoms with E-state index in [1.165, 1.54) is 12.3 Å². The van der Waals surface area contributed by atoms with Gasteiger partial charge in [0.25, 0.3) is 5.91 Å². The third kappa shape index (κ3) is 1.42. The first kappa shape index (κ1) is 11.3. The summed E-state index contributed by atoms with van der Waals surface area (Å²) in [5.74, 6) is 0.343. The number of carbonyl (C=O) groups excluding carboxylic acids is 1. The number of likely N-dealkylation sites (tertiary alicyclic amines) is 1. The van der Waals surface area contributed by atoms with E-state index in [1.807, 2.05) is 0 Å². The van der Waals surface area contributed by atoms with Crippen molar-refractivity contribution in [3.8, 4) is 0 Å². The lowest BCUT2D eigenvalue weighted by Gasteiger charge is -2.28. The molecule has 0 spiro atoms. The molecular formula is C14H15FN2O2. The smallest absolute Gasteiger partial charge is 0.257 e. The summed E-state index contributed by atoms with van der Waals surface area (Å²) in [7, 11) is 0. The second kappa shape index (κ2) is 3.76. The third-order valence-corrected chi connectivity index (χ3v) is 5.11. The zero-order valence-electron chi connectivity index (χ0n) is 10.4. The van der Waals surface area contributed by atoms with Gasteiger partial charge in [0, 0.05) is 12.7 Å². The molecule has 5 unspecified atom stereocenters. The SMILES string of the molecule is O=C(c1ccncc1F)N1CC2CC3CC2C1C3O. The van der Waals surface area contributed by atoms with Crippen LogP contribution in [0.5, 0.6) is 0 Å². The van der Waals surface area contributed by atoms with Crippen molar-refractivity contribution in [2.75, 3.05) is 6.54 Å². The number of rotatable bonds is 1. The van der Waals surface area contributed by atoms with Gasteiger partial charge in [0.2, 0.25) is 0 Å². The van der Waals surface area contributed by atoms with E-state index >= 15 is 0 Å². The minimum absolute atomic E-state index is 0.0620. The molecule has 2 heterocycles. The van der Waals surface area contributed by atoms with Crippen molar-refractivity contribution in [3.05, 3.63) is 29.8 Å². The first-order valence-corrected chi connectivity index (χ1v) is 6.75. The maximum atomic E-state index is 13.7. The van der Waals surface area contributed by atoms with Crippen LogP contribution in [0.25, 0.3) is 0 Å². The van der Waals surface area contributed by atoms with Crippen LogP contribution in [-0.4, -0.2) is 39.6 Å². The van der Waals surface area contributed by atoms with Gasteiger partial charge in [-0.05, 0) is 36.7 Å². The molecule has 4 nitrogen and oxygen atoms in total. The summed E-state index contributed by atoms with van der Waals surface area (Å²) in [5, 5.41) is 10.2. The molecule has 1 aromatic rings. The summed E-state index contributed by atoms with van der Waals surface area (Å²) in [5.41, 5.74) is 0.0620. The van der Waals surface area contributed by atoms with Crippen molar-refractivity contribution in [1.82, 2.24) is 9.88 Å². The fourth-order valence-corrected chi connectivity index (χ4v) is 4.35. The Labute approximate surface area is 110 Å². The second-order valence-electron chi connectivity index (χ2n) is 5.95. The van der Waals surface area contributed by atoms with Crippen LogP contribution in [0.2, 0.25) is 0 Å². The van der Waals surface area contributed by atoms with E-state index in [1.54, 1.807) is 4.90 Å². The van der Waals surface area contributed by atoms with Crippen molar-refractivity contribution < 1.29 is 14.3 Å². The van der Waals surface area contributed by atoms with Crippen molar-refractivity contribution in [3.63, 3.8) is 0 Å². The van der Waals surface area contributed by atoms with Crippen LogP contribution >= 0.6 is 0 Å². The van der Waals surface area contributed by atoms with Crippen LogP contribution < -0.4 is 0 Å². The van der Waals surface area contributed by atoms with E-state index in [0.29, 0.717) is 24.3 Å². The summed E-state index contributed by atoms with van der Waals surface area (Å²) in [4.78, 5) is 17.8. The van der Waals surface area contributed by atoms with Gasteiger partial charge in [0.05, 0.1) is 23.9 Å². The van der Waals surface area contributed by atoms with Gasteiger partial charge in [-0.25, -0.2) is 4.39 Å². The lowest BCUT2D eigenvalue weighted by atomic mass is 9.88. The van der Waals surface area contributed by atoms with Gasteiger partial charge in [0.1, 0.15) is 0 Å². The third-order valence-electron chi connectivity index (χ3n) is 5.11. The fraction of sp³-hybridized carbons (Fsp3) is 0.571. The van der Waals surface area contributed by atoms with E-state index in [4.69, 9.17) is 0 Å². The summed E-state index contributed by atoms with van der Waals surface area (Å²) in [6.45, 7) is 0.656. The Bertz CT molecular complexity index is 548. The molecule has 1 aliphatic heterocycles. The largest absolute Gasteiger partial charge is 0.391 e. The molecule has 2 saturated carbocycles. The van der Waals surface area contributed by atoms with Crippen LogP contribution in [0, 0.1) is 23.6 Å². The standard InChI is InChI=1S/C14H15FN2O2/c15-11-5-16-2-1-9(11)14(19)17-6-8-3-7-4-10(8)12(17)13(7)18/h1-2,5,7-8,10,12-13,18H,3-4,6H2. The van der Waals surface area contributed by atoms with Crippen LogP contribution in [0.15, 0.2) is 18.5 Å². The number of carbonyl (C=O) groups is 1. The average Bonchev–Trinajstić information content (AvgIpc) is 2.99. The highest BCUT2D eigenvalue weighted by Crippen LogP contribution is 2.55. The van der Waals surface area contributed by atoms with Crippen molar-refractivity contribution in [2.24, 2.45) is 17.8 Å². The lowest BCUT2D eigenvalue weighted by Crippen LogP contribution is -2.44. The molecule has 0 aromatic carbocycles. The first-order valence-electron chi connectivity index (χ1n) is 6.75. The molecule has 1 saturated heterocycles. The number of aliphatic hydroxyl groups is 1. The Morgan fingerprint density at radius 2 is 2.26 bits per heavy atom. The molecule has 2 aliphatic carbocycles. The van der Waals surface area contributed by atoms with Crippen molar-refractivity contribution in [1.29, 1.82) is 0 Å². The highest BCUT2D eigenvalue weighted by atomic mass is 19.1. The number of amides is 1. The highest BCUT2D eigenvalue weighted by molar-refractivity contribution is 5.95. The van der Waals surface area contributed by atoms with Crippen LogP contribution in [0.4, 0.5) is 4.39 Å². The number of halogens is 1. The van der Waals surface area contributed by atoms with Crippen LogP contribution in [0.3, 0.4) is 0 Å². The Hall–Kier alpha value is -1.49. The molecule has 19 heavy (non-hydrogen) atoms. The topological polar surface area (TPSA) is 53.4 Å². The van der Waals surface area contributed by atoms with Gasteiger partial charge in [-0.3, -0.25) is 9.78 Å². The minimum Gasteiger partial charge on any atom is -0.391 e. The normalized spacial score (nSPS) is 39.1. The van der Waals surface area contributed by atoms with E-state index < -0.39 is 11.9 Å². The van der Waals surface area contributed by atoms with Gasteiger partial charge in [-0.2, -0.15) is 0 Å². The summed E-state index contributed by atoms with van der Waals surface area (Å²) >= 11 is 0. The Balaban J connectivity index is 1.67. The maximum Gasteiger partial charge on any atom is 0.257 e. The first-order chi connectivity index (χ1) is 9.16. The van der Waals surface area contributed by atoms with E-state index in [2.05, 4.69) is 4.98 Å². The Kier molecular flexibility index (Phi) is 2.24. The van der Waals surface area contributed by atoms with Gasteiger partial charge in [-0.1, -0.05) is 0 Å². The minimum atomic E-state index is -0.587. The number of aliphatic hydroxyl groups excluding tert-OH is 1. The van der Waals surface area contributed by atoms with Gasteiger partial charge in [0.15, 0.2) is 5.82 Å². The average molecular weight is 262 g/mol. The zero-order chi connectivity index (χ0) is 13.1. The summed E-state index contributed by atoms with van der Waals surface area (Å²) in [6.07, 6.45) is 4.07. The molecular weight excluding hydrogens is 247 g/mol. The number of nitrogens with zero attached hydrogens (tertiary/aromatic N) is 2. The van der Waals surface area contributed by atoms with E-state index in [-0.39, 0.29) is 17.5 Å². The molecule has 5 atom stereocenters. The summed E-state index contributed by atoms with van der Waals surface area (Å²) < 4.78 is 13.7. The van der Waals surface area contributed by atoms with Crippen molar-refractivity contribution >= 4 is 5.91 Å². The fourth-order valence-electron chi connectivity index (χ4n) is 4.35. The number of hydrogen-bond acceptors (Lipinski definition) is 3. The molecule has 4 rings (SSSR count). The van der Waals surface area contributed by atoms with Crippen LogP contribution in [-0.2, 0) is 0 Å². The molecule has 3 fully saturated rings. The second-order valence-corrected chi connectivity index (χ2v) is 5.95. The molecule has 2 bridgehead atoms. The Morgan fingerprint density at radius 3 is 3.00 bits per heavy atom. The number of aromatic nitrogens is 1. The number of fused-ring (bicyclic) bond motifs is 1. The predicted molar refractivity (Wildman–Crippen MR) is 64.7 cm³/mol. The molecule has 1 N–H and O–H groups in total. The van der Waals surface area contributed by atoms with Gasteiger partial charge < -0.3 is 10.0 Å². The lowest BCUT2D eigenvalue weighted by molar-refractivity contribution is 0.0399. The van der Waals surface area contributed by atoms with Gasteiger partial charge >= 0.3 is 0 Å². The van der Waals surface area contributed by atoms with Crippen LogP contribution in [0.1, 0.15) is 23.2 Å². The molecule has 1 amide bonds. The summed E-state index contributed by atoms with van der Waals surface area (Å²) in [6, 6.07) is 1.31. The number of pyridine rings is 1.